The van der Waals surface area contributed by atoms with Crippen LogP contribution in [0.15, 0.2) is 58.7 Å². The molecule has 0 fully saturated rings. The van der Waals surface area contributed by atoms with Crippen LogP contribution in [-0.2, 0) is 11.3 Å². The molecule has 1 N–H and O–H groups in total. The number of furan rings is 1. The molecule has 7 nitrogen and oxygen atoms in total. The maximum atomic E-state index is 14.3. The van der Waals surface area contributed by atoms with E-state index < -0.39 is 0 Å². The summed E-state index contributed by atoms with van der Waals surface area (Å²) >= 11 is 0. The predicted molar refractivity (Wildman–Crippen MR) is 146 cm³/mol. The van der Waals surface area contributed by atoms with Gasteiger partial charge >= 0.3 is 0 Å². The summed E-state index contributed by atoms with van der Waals surface area (Å²) in [5.41, 5.74) is 4.99. The average molecular weight is 521 g/mol. The molecule has 2 aromatic carbocycles. The molecule has 0 saturated carbocycles. The smallest absolute Gasteiger partial charge is 0.224 e. The van der Waals surface area contributed by atoms with Crippen LogP contribution in [0.2, 0.25) is 0 Å². The molecule has 1 aliphatic rings. The van der Waals surface area contributed by atoms with Crippen LogP contribution in [0.3, 0.4) is 0 Å². The van der Waals surface area contributed by atoms with Crippen LogP contribution in [0, 0.1) is 5.82 Å². The van der Waals surface area contributed by atoms with Gasteiger partial charge in [0.15, 0.2) is 11.5 Å². The lowest BCUT2D eigenvalue weighted by Crippen LogP contribution is -2.22. The first-order chi connectivity index (χ1) is 18.3. The zero-order valence-electron chi connectivity index (χ0n) is 22.4. The van der Waals surface area contributed by atoms with Crippen molar-refractivity contribution in [2.45, 2.75) is 19.9 Å². The van der Waals surface area contributed by atoms with Crippen LogP contribution in [0.1, 0.15) is 35.8 Å². The van der Waals surface area contributed by atoms with Crippen LogP contribution in [-0.4, -0.2) is 52.3 Å². The number of rotatable bonds is 11. The van der Waals surface area contributed by atoms with Gasteiger partial charge in [-0.1, -0.05) is 6.07 Å². The molecular formula is C30H33FN2O5. The Balaban J connectivity index is 1.66. The van der Waals surface area contributed by atoms with Crippen LogP contribution in [0.4, 0.5) is 4.39 Å². The van der Waals surface area contributed by atoms with Crippen molar-refractivity contribution in [3.8, 4) is 17.2 Å². The van der Waals surface area contributed by atoms with Gasteiger partial charge < -0.3 is 28.8 Å². The number of methoxy groups -OCH3 is 2. The molecule has 0 aliphatic heterocycles. The number of halogens is 1. The number of likely N-dealkylation sites (N-methyl/N-ethyl adjacent to an activating group) is 1. The maximum absolute atomic E-state index is 14.3. The highest BCUT2D eigenvalue weighted by molar-refractivity contribution is 6.08. The fraction of sp³-hybridized carbons (Fsp3) is 0.300. The highest BCUT2D eigenvalue weighted by Gasteiger charge is 2.26. The molecule has 4 rings (SSSR count). The molecule has 1 amide bonds. The molecule has 1 aliphatic carbocycles. The van der Waals surface area contributed by atoms with Gasteiger partial charge in [-0.25, -0.2) is 4.39 Å². The SMILES string of the molecule is COc1cc(C=C2C(C)=C(CC(=O)NCc3ccco3)c3cc(F)ccc32)cc(OC)c1OCCN(C)C. The summed E-state index contributed by atoms with van der Waals surface area (Å²) in [6.07, 6.45) is 3.67. The molecule has 0 radical (unpaired) electrons. The molecular weight excluding hydrogens is 487 g/mol. The second kappa shape index (κ2) is 12.0. The summed E-state index contributed by atoms with van der Waals surface area (Å²) in [6.45, 7) is 3.46. The number of hydrogen-bond acceptors (Lipinski definition) is 6. The Hall–Kier alpha value is -4.04. The van der Waals surface area contributed by atoms with Crippen molar-refractivity contribution >= 4 is 23.1 Å². The third-order valence-corrected chi connectivity index (χ3v) is 6.41. The van der Waals surface area contributed by atoms with Gasteiger partial charge in [-0.15, -0.1) is 0 Å². The molecule has 0 bridgehead atoms. The molecule has 1 heterocycles. The molecule has 0 spiro atoms. The van der Waals surface area contributed by atoms with Crippen molar-refractivity contribution in [3.05, 3.63) is 82.6 Å². The van der Waals surface area contributed by atoms with Crippen LogP contribution < -0.4 is 19.5 Å². The summed E-state index contributed by atoms with van der Waals surface area (Å²) in [5.74, 6) is 1.77. The minimum absolute atomic E-state index is 0.117. The van der Waals surface area contributed by atoms with Crippen molar-refractivity contribution < 1.29 is 27.8 Å². The minimum atomic E-state index is -0.353. The first-order valence-electron chi connectivity index (χ1n) is 12.4. The second-order valence-corrected chi connectivity index (χ2v) is 9.29. The number of nitrogens with zero attached hydrogens (tertiary/aromatic N) is 1. The molecule has 0 atom stereocenters. The van der Waals surface area contributed by atoms with E-state index >= 15 is 0 Å². The Morgan fingerprint density at radius 2 is 1.82 bits per heavy atom. The van der Waals surface area contributed by atoms with Gasteiger partial charge in [0.05, 0.1) is 33.4 Å². The van der Waals surface area contributed by atoms with E-state index in [0.717, 1.165) is 34.4 Å². The van der Waals surface area contributed by atoms with Gasteiger partial charge in [-0.05, 0) is 96.9 Å². The van der Waals surface area contributed by atoms with E-state index in [1.54, 1.807) is 38.7 Å². The first kappa shape index (κ1) is 27.0. The number of benzene rings is 2. The van der Waals surface area contributed by atoms with E-state index in [9.17, 15) is 9.18 Å². The molecule has 38 heavy (non-hydrogen) atoms. The van der Waals surface area contributed by atoms with Crippen molar-refractivity contribution in [1.29, 1.82) is 0 Å². The number of allylic oxidation sites excluding steroid dienone is 2. The van der Waals surface area contributed by atoms with Crippen molar-refractivity contribution in [2.75, 3.05) is 41.5 Å². The van der Waals surface area contributed by atoms with Gasteiger partial charge in [0.25, 0.3) is 0 Å². The highest BCUT2D eigenvalue weighted by atomic mass is 19.1. The average Bonchev–Trinajstić information content (AvgIpc) is 3.50. The largest absolute Gasteiger partial charge is 0.493 e. The number of ether oxygens (including phenoxy) is 3. The third-order valence-electron chi connectivity index (χ3n) is 6.41. The number of carbonyl (C=O) groups is 1. The van der Waals surface area contributed by atoms with Gasteiger partial charge in [0.2, 0.25) is 11.7 Å². The van der Waals surface area contributed by atoms with E-state index in [1.165, 1.54) is 12.1 Å². The lowest BCUT2D eigenvalue weighted by molar-refractivity contribution is -0.120. The van der Waals surface area contributed by atoms with E-state index in [1.807, 2.05) is 44.1 Å². The molecule has 1 aromatic heterocycles. The van der Waals surface area contributed by atoms with Gasteiger partial charge in [0.1, 0.15) is 18.2 Å². The Morgan fingerprint density at radius 1 is 1.08 bits per heavy atom. The number of nitrogens with one attached hydrogen (secondary N) is 1. The normalized spacial score (nSPS) is 13.7. The summed E-state index contributed by atoms with van der Waals surface area (Å²) in [7, 11) is 7.13. The monoisotopic (exact) mass is 520 g/mol. The number of carbonyl (C=O) groups excluding carboxylic acids is 1. The zero-order chi connectivity index (χ0) is 27.2. The van der Waals surface area contributed by atoms with E-state index in [4.69, 9.17) is 18.6 Å². The fourth-order valence-corrected chi connectivity index (χ4v) is 4.43. The maximum Gasteiger partial charge on any atom is 0.224 e. The zero-order valence-corrected chi connectivity index (χ0v) is 22.4. The van der Waals surface area contributed by atoms with Crippen LogP contribution >= 0.6 is 0 Å². The van der Waals surface area contributed by atoms with E-state index in [0.29, 0.717) is 41.7 Å². The number of fused-ring (bicyclic) bond motifs is 1. The number of hydrogen-bond donors (Lipinski definition) is 1. The van der Waals surface area contributed by atoms with E-state index in [2.05, 4.69) is 5.32 Å². The molecule has 3 aromatic rings. The van der Waals surface area contributed by atoms with Gasteiger partial charge in [0, 0.05) is 6.54 Å². The first-order valence-corrected chi connectivity index (χ1v) is 12.4. The van der Waals surface area contributed by atoms with Crippen LogP contribution in [0.25, 0.3) is 17.2 Å². The highest BCUT2D eigenvalue weighted by Crippen LogP contribution is 2.45. The van der Waals surface area contributed by atoms with Gasteiger partial charge in [-0.2, -0.15) is 0 Å². The van der Waals surface area contributed by atoms with Gasteiger partial charge in [-0.3, -0.25) is 4.79 Å². The fourth-order valence-electron chi connectivity index (χ4n) is 4.43. The third kappa shape index (κ3) is 6.08. The standard InChI is InChI=1S/C30H33FN2O5/c1-19-24(13-20-14-27(35-4)30(28(15-20)36-5)38-12-10-33(2)3)23-9-8-21(31)16-26(23)25(19)17-29(34)32-18-22-7-6-11-37-22/h6-9,11,13-16H,10,12,17-18H2,1-5H3,(H,32,34). The Labute approximate surface area is 222 Å². The van der Waals surface area contributed by atoms with Crippen molar-refractivity contribution in [3.63, 3.8) is 0 Å². The summed E-state index contributed by atoms with van der Waals surface area (Å²) in [6, 6.07) is 12.0. The number of amides is 1. The Bertz CT molecular complexity index is 1330. The van der Waals surface area contributed by atoms with Crippen LogP contribution in [0.5, 0.6) is 17.2 Å². The topological polar surface area (TPSA) is 73.2 Å². The minimum Gasteiger partial charge on any atom is -0.493 e. The molecule has 0 unspecified atom stereocenters. The van der Waals surface area contributed by atoms with Crippen molar-refractivity contribution in [2.24, 2.45) is 0 Å². The molecule has 8 heteroatoms. The predicted octanol–water partition coefficient (Wildman–Crippen LogP) is 5.41. The Morgan fingerprint density at radius 3 is 2.45 bits per heavy atom. The summed E-state index contributed by atoms with van der Waals surface area (Å²) in [4.78, 5) is 14.8. The molecule has 0 saturated heterocycles. The lowest BCUT2D eigenvalue weighted by Gasteiger charge is -2.17. The summed E-state index contributed by atoms with van der Waals surface area (Å²) in [5, 5.41) is 2.87. The molecule has 200 valence electrons. The summed E-state index contributed by atoms with van der Waals surface area (Å²) < 4.78 is 36.8. The lowest BCUT2D eigenvalue weighted by atomic mass is 10.00. The van der Waals surface area contributed by atoms with E-state index in [-0.39, 0.29) is 18.1 Å². The van der Waals surface area contributed by atoms with Crippen molar-refractivity contribution in [1.82, 2.24) is 10.2 Å². The Kier molecular flexibility index (Phi) is 8.53. The quantitative estimate of drug-likeness (QED) is 0.365. The second-order valence-electron chi connectivity index (χ2n) is 9.29.